The van der Waals surface area contributed by atoms with Crippen molar-refractivity contribution in [3.05, 3.63) is 54.9 Å². The number of hydrogen-bond donors (Lipinski definition) is 0. The van der Waals surface area contributed by atoms with E-state index in [0.717, 1.165) is 46.8 Å². The first-order valence-electron chi connectivity index (χ1n) is 9.92. The van der Waals surface area contributed by atoms with Crippen molar-refractivity contribution < 1.29 is 13.9 Å². The number of furan rings is 1. The minimum atomic E-state index is 0.579. The zero-order valence-corrected chi connectivity index (χ0v) is 16.8. The van der Waals surface area contributed by atoms with Crippen LogP contribution >= 0.6 is 0 Å². The van der Waals surface area contributed by atoms with Crippen LogP contribution in [0, 0.1) is 0 Å². The lowest BCUT2D eigenvalue weighted by molar-refractivity contribution is 0.188. The molecule has 6 nitrogen and oxygen atoms in total. The minimum Gasteiger partial charge on any atom is -0.494 e. The number of hydrogen-bond acceptors (Lipinski definition) is 5. The van der Waals surface area contributed by atoms with Crippen LogP contribution in [-0.2, 0) is 11.3 Å². The van der Waals surface area contributed by atoms with Crippen molar-refractivity contribution in [1.29, 1.82) is 0 Å². The van der Waals surface area contributed by atoms with Gasteiger partial charge in [0.1, 0.15) is 17.3 Å². The number of nitrogens with zero attached hydrogens (tertiary/aromatic N) is 3. The van der Waals surface area contributed by atoms with Crippen molar-refractivity contribution in [3.8, 4) is 28.5 Å². The molecule has 0 spiro atoms. The van der Waals surface area contributed by atoms with Gasteiger partial charge in [-0.1, -0.05) is 25.5 Å². The standard InChI is InChI=1S/C23H25N3O3/c1-3-4-11-28-19-8-5-7-17(14-19)23-25-22-20(26(23)10-13-27-2)15-18(16-24-22)21-9-6-12-29-21/h5-9,12,14-16H,3-4,10-11,13H2,1-2H3. The third-order valence-corrected chi connectivity index (χ3v) is 4.79. The molecule has 0 saturated carbocycles. The Kier molecular flexibility index (Phi) is 5.91. The van der Waals surface area contributed by atoms with E-state index in [2.05, 4.69) is 22.5 Å². The zero-order valence-electron chi connectivity index (χ0n) is 16.8. The van der Waals surface area contributed by atoms with E-state index >= 15 is 0 Å². The molecule has 29 heavy (non-hydrogen) atoms. The predicted molar refractivity (Wildman–Crippen MR) is 113 cm³/mol. The molecule has 0 fully saturated rings. The lowest BCUT2D eigenvalue weighted by atomic mass is 10.2. The topological polar surface area (TPSA) is 62.3 Å². The van der Waals surface area contributed by atoms with Crippen LogP contribution in [-0.4, -0.2) is 34.9 Å². The number of benzene rings is 1. The number of rotatable bonds is 9. The first-order chi connectivity index (χ1) is 14.3. The zero-order chi connectivity index (χ0) is 20.1. The maximum Gasteiger partial charge on any atom is 0.178 e. The molecule has 0 radical (unpaired) electrons. The van der Waals surface area contributed by atoms with E-state index < -0.39 is 0 Å². The van der Waals surface area contributed by atoms with Gasteiger partial charge in [0.15, 0.2) is 5.65 Å². The second kappa shape index (κ2) is 8.92. The molecular weight excluding hydrogens is 366 g/mol. The van der Waals surface area contributed by atoms with E-state index in [1.54, 1.807) is 19.6 Å². The highest BCUT2D eigenvalue weighted by Gasteiger charge is 2.16. The van der Waals surface area contributed by atoms with Crippen LogP contribution in [0.15, 0.2) is 59.3 Å². The molecule has 1 aromatic carbocycles. The van der Waals surface area contributed by atoms with Gasteiger partial charge in [-0.05, 0) is 36.8 Å². The van der Waals surface area contributed by atoms with Gasteiger partial charge in [0.25, 0.3) is 0 Å². The monoisotopic (exact) mass is 391 g/mol. The number of aromatic nitrogens is 3. The molecule has 4 rings (SSSR count). The first-order valence-corrected chi connectivity index (χ1v) is 9.92. The van der Waals surface area contributed by atoms with Crippen molar-refractivity contribution >= 4 is 11.2 Å². The van der Waals surface area contributed by atoms with Gasteiger partial charge < -0.3 is 18.5 Å². The third kappa shape index (κ3) is 4.17. The molecule has 0 aliphatic rings. The number of unbranched alkanes of at least 4 members (excludes halogenated alkanes) is 1. The van der Waals surface area contributed by atoms with Crippen molar-refractivity contribution in [2.24, 2.45) is 0 Å². The van der Waals surface area contributed by atoms with Crippen LogP contribution in [0.2, 0.25) is 0 Å². The van der Waals surface area contributed by atoms with Gasteiger partial charge in [0.05, 0.1) is 25.0 Å². The Bertz CT molecular complexity index is 1070. The molecule has 150 valence electrons. The molecule has 0 saturated heterocycles. The summed E-state index contributed by atoms with van der Waals surface area (Å²) >= 11 is 0. The number of methoxy groups -OCH3 is 1. The fraction of sp³-hybridized carbons (Fsp3) is 0.304. The van der Waals surface area contributed by atoms with Gasteiger partial charge in [-0.15, -0.1) is 0 Å². The summed E-state index contributed by atoms with van der Waals surface area (Å²) in [5, 5.41) is 0. The molecule has 0 aliphatic heterocycles. The molecule has 0 aliphatic carbocycles. The second-order valence-electron chi connectivity index (χ2n) is 6.85. The fourth-order valence-electron chi connectivity index (χ4n) is 3.27. The number of fused-ring (bicyclic) bond motifs is 1. The molecule has 0 bridgehead atoms. The number of imidazole rings is 1. The quantitative estimate of drug-likeness (QED) is 0.368. The van der Waals surface area contributed by atoms with Gasteiger partial charge in [-0.25, -0.2) is 9.97 Å². The van der Waals surface area contributed by atoms with E-state index in [-0.39, 0.29) is 0 Å². The van der Waals surface area contributed by atoms with E-state index in [9.17, 15) is 0 Å². The first kappa shape index (κ1) is 19.2. The van der Waals surface area contributed by atoms with Gasteiger partial charge >= 0.3 is 0 Å². The van der Waals surface area contributed by atoms with Gasteiger partial charge in [-0.3, -0.25) is 0 Å². The van der Waals surface area contributed by atoms with Crippen LogP contribution in [0.1, 0.15) is 19.8 Å². The molecule has 3 aromatic heterocycles. The lowest BCUT2D eigenvalue weighted by Gasteiger charge is -2.11. The third-order valence-electron chi connectivity index (χ3n) is 4.79. The summed E-state index contributed by atoms with van der Waals surface area (Å²) in [6, 6.07) is 13.9. The Labute approximate surface area is 170 Å². The van der Waals surface area contributed by atoms with Crippen LogP contribution in [0.4, 0.5) is 0 Å². The Morgan fingerprint density at radius 3 is 2.79 bits per heavy atom. The maximum atomic E-state index is 5.88. The van der Waals surface area contributed by atoms with E-state index in [1.807, 2.05) is 36.4 Å². The van der Waals surface area contributed by atoms with E-state index in [4.69, 9.17) is 18.9 Å². The number of pyridine rings is 1. The molecular formula is C23H25N3O3. The normalized spacial score (nSPS) is 11.2. The lowest BCUT2D eigenvalue weighted by Crippen LogP contribution is -2.06. The average Bonchev–Trinajstić information content (AvgIpc) is 3.40. The smallest absolute Gasteiger partial charge is 0.178 e. The van der Waals surface area contributed by atoms with Crippen molar-refractivity contribution in [2.75, 3.05) is 20.3 Å². The predicted octanol–water partition coefficient (Wildman–Crippen LogP) is 5.18. The summed E-state index contributed by atoms with van der Waals surface area (Å²) in [6.45, 7) is 4.12. The van der Waals surface area contributed by atoms with Gasteiger partial charge in [0, 0.05) is 31.0 Å². The Morgan fingerprint density at radius 2 is 2.00 bits per heavy atom. The van der Waals surface area contributed by atoms with Crippen molar-refractivity contribution in [1.82, 2.24) is 14.5 Å². The molecule has 0 unspecified atom stereocenters. The SMILES string of the molecule is CCCCOc1cccc(-c2nc3ncc(-c4ccco4)cc3n2CCOC)c1. The van der Waals surface area contributed by atoms with Gasteiger partial charge in [0.2, 0.25) is 0 Å². The molecule has 0 amide bonds. The Hall–Kier alpha value is -3.12. The highest BCUT2D eigenvalue weighted by Crippen LogP contribution is 2.29. The minimum absolute atomic E-state index is 0.579. The van der Waals surface area contributed by atoms with Crippen LogP contribution < -0.4 is 4.74 Å². The molecule has 6 heteroatoms. The average molecular weight is 391 g/mol. The summed E-state index contributed by atoms with van der Waals surface area (Å²) < 4.78 is 18.9. The largest absolute Gasteiger partial charge is 0.494 e. The van der Waals surface area contributed by atoms with Crippen LogP contribution in [0.3, 0.4) is 0 Å². The summed E-state index contributed by atoms with van der Waals surface area (Å²) in [5.41, 5.74) is 3.56. The molecule has 4 aromatic rings. The second-order valence-corrected chi connectivity index (χ2v) is 6.85. The van der Waals surface area contributed by atoms with E-state index in [1.165, 1.54) is 0 Å². The highest BCUT2D eigenvalue weighted by molar-refractivity contribution is 5.81. The molecule has 0 N–H and O–H groups in total. The molecule has 0 atom stereocenters. The highest BCUT2D eigenvalue weighted by atomic mass is 16.5. The summed E-state index contributed by atoms with van der Waals surface area (Å²) in [5.74, 6) is 2.49. The number of ether oxygens (including phenoxy) is 2. The van der Waals surface area contributed by atoms with Crippen LogP contribution in [0.25, 0.3) is 33.9 Å². The summed E-state index contributed by atoms with van der Waals surface area (Å²) in [6.07, 6.45) is 5.60. The van der Waals surface area contributed by atoms with Crippen molar-refractivity contribution in [3.63, 3.8) is 0 Å². The molecule has 3 heterocycles. The Balaban J connectivity index is 1.76. The summed E-state index contributed by atoms with van der Waals surface area (Å²) in [7, 11) is 1.70. The summed E-state index contributed by atoms with van der Waals surface area (Å²) in [4.78, 5) is 9.38. The van der Waals surface area contributed by atoms with Gasteiger partial charge in [-0.2, -0.15) is 0 Å². The van der Waals surface area contributed by atoms with Crippen molar-refractivity contribution in [2.45, 2.75) is 26.3 Å². The maximum absolute atomic E-state index is 5.88. The van der Waals surface area contributed by atoms with Crippen LogP contribution in [0.5, 0.6) is 5.75 Å². The fourth-order valence-corrected chi connectivity index (χ4v) is 3.27. The van der Waals surface area contributed by atoms with E-state index in [0.29, 0.717) is 25.4 Å². The Morgan fingerprint density at radius 1 is 1.07 bits per heavy atom.